The zero-order valence-electron chi connectivity index (χ0n) is 13.0. The molecule has 0 saturated heterocycles. The van der Waals surface area contributed by atoms with Crippen molar-refractivity contribution in [1.82, 2.24) is 0 Å². The zero-order chi connectivity index (χ0) is 15.1. The molecular formula is C18H24OS2. The summed E-state index contributed by atoms with van der Waals surface area (Å²) in [7, 11) is 0. The first-order valence-electron chi connectivity index (χ1n) is 7.79. The molecule has 0 aliphatic heterocycles. The van der Waals surface area contributed by atoms with E-state index in [0.717, 1.165) is 6.42 Å². The molecule has 0 aromatic carbocycles. The second kappa shape index (κ2) is 8.50. The van der Waals surface area contributed by atoms with Gasteiger partial charge in [-0.2, -0.15) is 0 Å². The van der Waals surface area contributed by atoms with Crippen molar-refractivity contribution >= 4 is 28.5 Å². The quantitative estimate of drug-likeness (QED) is 0.550. The molecule has 1 nitrogen and oxygen atoms in total. The summed E-state index contributed by atoms with van der Waals surface area (Å²) < 4.78 is 0. The van der Waals surface area contributed by atoms with Crippen LogP contribution in [0, 0.1) is 6.92 Å². The van der Waals surface area contributed by atoms with Gasteiger partial charge in [-0.15, -0.1) is 22.7 Å². The van der Waals surface area contributed by atoms with Gasteiger partial charge >= 0.3 is 0 Å². The standard InChI is InChI=1S/C18H24OS2/c1-3-4-5-6-7-15-9-18(21-13-15)11-16(19)10-17-8-14(2)12-20-17/h8-9,12-13H,3-7,10-11H2,1-2H3. The SMILES string of the molecule is CCCCCCc1csc(CC(=O)Cc2cc(C)cs2)c1. The molecule has 3 heteroatoms. The molecule has 0 spiro atoms. The van der Waals surface area contributed by atoms with Crippen molar-refractivity contribution in [2.45, 2.75) is 58.8 Å². The fourth-order valence-corrected chi connectivity index (χ4v) is 4.30. The molecule has 0 bridgehead atoms. The minimum atomic E-state index is 0.330. The summed E-state index contributed by atoms with van der Waals surface area (Å²) in [5.74, 6) is 0.330. The smallest absolute Gasteiger partial charge is 0.143 e. The van der Waals surface area contributed by atoms with E-state index in [1.54, 1.807) is 22.7 Å². The second-order valence-electron chi connectivity index (χ2n) is 5.71. The van der Waals surface area contributed by atoms with Crippen LogP contribution >= 0.6 is 22.7 Å². The van der Waals surface area contributed by atoms with Crippen LogP contribution < -0.4 is 0 Å². The van der Waals surface area contributed by atoms with E-state index in [9.17, 15) is 4.79 Å². The van der Waals surface area contributed by atoms with Crippen molar-refractivity contribution in [3.05, 3.63) is 43.8 Å². The van der Waals surface area contributed by atoms with Gasteiger partial charge in [-0.1, -0.05) is 26.2 Å². The van der Waals surface area contributed by atoms with Gasteiger partial charge in [0.1, 0.15) is 5.78 Å². The van der Waals surface area contributed by atoms with E-state index in [2.05, 4.69) is 36.7 Å². The Morgan fingerprint density at radius 2 is 1.71 bits per heavy atom. The molecule has 0 unspecified atom stereocenters. The average molecular weight is 321 g/mol. The maximum Gasteiger partial charge on any atom is 0.143 e. The molecule has 0 atom stereocenters. The highest BCUT2D eigenvalue weighted by Gasteiger charge is 2.09. The number of Topliss-reactive ketones (excluding diaryl/α,β-unsaturated/α-hetero) is 1. The van der Waals surface area contributed by atoms with Crippen LogP contribution in [0.2, 0.25) is 0 Å². The van der Waals surface area contributed by atoms with Crippen LogP contribution in [0.25, 0.3) is 0 Å². The lowest BCUT2D eigenvalue weighted by Gasteiger charge is -1.98. The van der Waals surface area contributed by atoms with Gasteiger partial charge in [-0.25, -0.2) is 0 Å². The summed E-state index contributed by atoms with van der Waals surface area (Å²) in [5.41, 5.74) is 2.67. The Hall–Kier alpha value is -0.930. The van der Waals surface area contributed by atoms with E-state index < -0.39 is 0 Å². The monoisotopic (exact) mass is 320 g/mol. The minimum Gasteiger partial charge on any atom is -0.299 e. The number of rotatable bonds is 9. The Morgan fingerprint density at radius 1 is 1.00 bits per heavy atom. The Balaban J connectivity index is 1.77. The number of thiophene rings is 2. The Morgan fingerprint density at radius 3 is 2.38 bits per heavy atom. The Bertz CT molecular complexity index is 565. The lowest BCUT2D eigenvalue weighted by atomic mass is 10.1. The number of unbranched alkanes of at least 4 members (excludes halogenated alkanes) is 3. The number of carbonyl (C=O) groups is 1. The van der Waals surface area contributed by atoms with Crippen molar-refractivity contribution in [2.75, 3.05) is 0 Å². The fraction of sp³-hybridized carbons (Fsp3) is 0.500. The third-order valence-electron chi connectivity index (χ3n) is 3.55. The summed E-state index contributed by atoms with van der Waals surface area (Å²) >= 11 is 3.43. The maximum absolute atomic E-state index is 12.1. The maximum atomic E-state index is 12.1. The third-order valence-corrected chi connectivity index (χ3v) is 5.59. The van der Waals surface area contributed by atoms with Crippen LogP contribution in [0.4, 0.5) is 0 Å². The van der Waals surface area contributed by atoms with Crippen molar-refractivity contribution in [3.63, 3.8) is 0 Å². The van der Waals surface area contributed by atoms with Crippen LogP contribution in [-0.2, 0) is 24.1 Å². The minimum absolute atomic E-state index is 0.330. The second-order valence-corrected chi connectivity index (χ2v) is 7.71. The molecular weight excluding hydrogens is 296 g/mol. The first-order chi connectivity index (χ1) is 10.2. The molecule has 0 radical (unpaired) electrons. The van der Waals surface area contributed by atoms with Gasteiger partial charge in [0.2, 0.25) is 0 Å². The lowest BCUT2D eigenvalue weighted by Crippen LogP contribution is -2.04. The molecule has 2 heterocycles. The van der Waals surface area contributed by atoms with Gasteiger partial charge in [0.05, 0.1) is 0 Å². The van der Waals surface area contributed by atoms with E-state index in [1.807, 2.05) is 0 Å². The molecule has 0 N–H and O–H groups in total. The van der Waals surface area contributed by atoms with Crippen LogP contribution in [0.1, 0.15) is 53.5 Å². The number of hydrogen-bond donors (Lipinski definition) is 0. The van der Waals surface area contributed by atoms with Crippen molar-refractivity contribution < 1.29 is 4.79 Å². The zero-order valence-corrected chi connectivity index (χ0v) is 14.6. The number of ketones is 1. The number of carbonyl (C=O) groups excluding carboxylic acids is 1. The van der Waals surface area contributed by atoms with E-state index in [4.69, 9.17) is 0 Å². The Kier molecular flexibility index (Phi) is 6.65. The largest absolute Gasteiger partial charge is 0.299 e. The summed E-state index contributed by atoms with van der Waals surface area (Å²) in [4.78, 5) is 14.5. The predicted octanol–water partition coefficient (Wildman–Crippen LogP) is 5.60. The van der Waals surface area contributed by atoms with E-state index >= 15 is 0 Å². The lowest BCUT2D eigenvalue weighted by molar-refractivity contribution is -0.117. The highest BCUT2D eigenvalue weighted by molar-refractivity contribution is 7.10. The molecule has 2 aromatic heterocycles. The van der Waals surface area contributed by atoms with Crippen LogP contribution in [0.15, 0.2) is 22.9 Å². The van der Waals surface area contributed by atoms with Crippen molar-refractivity contribution in [2.24, 2.45) is 0 Å². The number of aryl methyl sites for hydroxylation is 2. The fourth-order valence-electron chi connectivity index (χ4n) is 2.44. The molecule has 2 rings (SSSR count). The topological polar surface area (TPSA) is 17.1 Å². The highest BCUT2D eigenvalue weighted by atomic mass is 32.1. The summed E-state index contributed by atoms with van der Waals surface area (Å²) in [6.07, 6.45) is 7.54. The molecule has 0 aliphatic carbocycles. The van der Waals surface area contributed by atoms with Crippen LogP contribution in [0.3, 0.4) is 0 Å². The van der Waals surface area contributed by atoms with E-state index in [1.165, 1.54) is 46.6 Å². The molecule has 0 amide bonds. The summed E-state index contributed by atoms with van der Waals surface area (Å²) in [6.45, 7) is 4.32. The van der Waals surface area contributed by atoms with Gasteiger partial charge < -0.3 is 0 Å². The van der Waals surface area contributed by atoms with Gasteiger partial charge in [0, 0.05) is 22.6 Å². The molecule has 2 aromatic rings. The summed E-state index contributed by atoms with van der Waals surface area (Å²) in [5, 5.41) is 4.34. The highest BCUT2D eigenvalue weighted by Crippen LogP contribution is 2.20. The number of hydrogen-bond acceptors (Lipinski definition) is 3. The van der Waals surface area contributed by atoms with Gasteiger partial charge in [0.25, 0.3) is 0 Å². The Labute approximate surface area is 136 Å². The molecule has 0 fully saturated rings. The van der Waals surface area contributed by atoms with Crippen LogP contribution in [0.5, 0.6) is 0 Å². The normalized spacial score (nSPS) is 11.0. The van der Waals surface area contributed by atoms with Gasteiger partial charge in [0.15, 0.2) is 0 Å². The third kappa shape index (κ3) is 5.76. The van der Waals surface area contributed by atoms with Gasteiger partial charge in [-0.05, 0) is 53.8 Å². The van der Waals surface area contributed by atoms with E-state index in [-0.39, 0.29) is 0 Å². The van der Waals surface area contributed by atoms with Crippen molar-refractivity contribution in [1.29, 1.82) is 0 Å². The van der Waals surface area contributed by atoms with Crippen molar-refractivity contribution in [3.8, 4) is 0 Å². The summed E-state index contributed by atoms with van der Waals surface area (Å²) in [6, 6.07) is 4.35. The molecule has 21 heavy (non-hydrogen) atoms. The predicted molar refractivity (Wildman–Crippen MR) is 93.6 cm³/mol. The first kappa shape index (κ1) is 16.4. The van der Waals surface area contributed by atoms with Gasteiger partial charge in [-0.3, -0.25) is 4.79 Å². The van der Waals surface area contributed by atoms with Crippen LogP contribution in [-0.4, -0.2) is 5.78 Å². The molecule has 0 saturated carbocycles. The van der Waals surface area contributed by atoms with E-state index in [0.29, 0.717) is 18.6 Å². The molecule has 114 valence electrons. The average Bonchev–Trinajstić information content (AvgIpc) is 3.04. The molecule has 0 aliphatic rings. The first-order valence-corrected chi connectivity index (χ1v) is 9.55.